The molecule has 160 valence electrons. The van der Waals surface area contributed by atoms with Gasteiger partial charge in [-0.05, 0) is 85.7 Å². The summed E-state index contributed by atoms with van der Waals surface area (Å²) in [5.41, 5.74) is 6.67. The summed E-state index contributed by atoms with van der Waals surface area (Å²) in [5.74, 6) is 0. The second-order valence-corrected chi connectivity index (χ2v) is 8.61. The number of hydrogen-bond donors (Lipinski definition) is 1. The van der Waals surface area contributed by atoms with Crippen molar-refractivity contribution < 1.29 is 0 Å². The summed E-state index contributed by atoms with van der Waals surface area (Å²) < 4.78 is 2.26. The highest BCUT2D eigenvalue weighted by Crippen LogP contribution is 2.42. The molecule has 0 radical (unpaired) electrons. The van der Waals surface area contributed by atoms with Crippen molar-refractivity contribution in [3.63, 3.8) is 0 Å². The Kier molecular flexibility index (Phi) is 5.45. The number of thiocarbonyl (C=S) groups is 1. The van der Waals surface area contributed by atoms with E-state index in [0.717, 1.165) is 22.8 Å². The van der Waals surface area contributed by atoms with Crippen molar-refractivity contribution in [2.24, 2.45) is 0 Å². The fourth-order valence-electron chi connectivity index (χ4n) is 4.53. The van der Waals surface area contributed by atoms with Crippen LogP contribution in [0.3, 0.4) is 0 Å². The predicted molar refractivity (Wildman–Crippen MR) is 132 cm³/mol. The van der Waals surface area contributed by atoms with Crippen molar-refractivity contribution in [3.05, 3.63) is 114 Å². The topological polar surface area (TPSA) is 46.0 Å². The maximum absolute atomic E-state index is 5.88. The fraction of sp³-hybridized carbons (Fsp3) is 0.192. The number of benzene rings is 1. The Balaban J connectivity index is 1.62. The van der Waals surface area contributed by atoms with Gasteiger partial charge in [0.2, 0.25) is 0 Å². The summed E-state index contributed by atoms with van der Waals surface area (Å²) in [4.78, 5) is 11.4. The molecule has 0 bridgehead atoms. The highest BCUT2D eigenvalue weighted by atomic mass is 32.1. The number of pyridine rings is 2. The lowest BCUT2D eigenvalue weighted by Crippen LogP contribution is -2.30. The Morgan fingerprint density at radius 1 is 0.906 bits per heavy atom. The Labute approximate surface area is 193 Å². The molecule has 4 heterocycles. The molecule has 1 N–H and O–H groups in total. The summed E-state index contributed by atoms with van der Waals surface area (Å²) in [6.45, 7) is 4.94. The van der Waals surface area contributed by atoms with Crippen LogP contribution in [0.4, 0.5) is 5.69 Å². The zero-order valence-corrected chi connectivity index (χ0v) is 19.0. The molecule has 3 aromatic heterocycles. The van der Waals surface area contributed by atoms with Crippen LogP contribution in [-0.2, 0) is 6.54 Å². The number of nitrogens with one attached hydrogen (secondary N) is 1. The molecule has 0 amide bonds. The van der Waals surface area contributed by atoms with Crippen LogP contribution < -0.4 is 10.2 Å². The van der Waals surface area contributed by atoms with E-state index >= 15 is 0 Å². The summed E-state index contributed by atoms with van der Waals surface area (Å²) in [6.07, 6.45) is 5.79. The fourth-order valence-corrected chi connectivity index (χ4v) is 4.88. The molecule has 1 aliphatic rings. The highest BCUT2D eigenvalue weighted by Gasteiger charge is 2.42. The van der Waals surface area contributed by atoms with Crippen molar-refractivity contribution in [2.45, 2.75) is 32.5 Å². The van der Waals surface area contributed by atoms with Crippen molar-refractivity contribution >= 4 is 23.0 Å². The van der Waals surface area contributed by atoms with Gasteiger partial charge < -0.3 is 14.8 Å². The monoisotopic (exact) mass is 439 g/mol. The van der Waals surface area contributed by atoms with Gasteiger partial charge in [-0.25, -0.2) is 0 Å². The van der Waals surface area contributed by atoms with Gasteiger partial charge in [0.15, 0.2) is 5.11 Å². The molecule has 1 aliphatic heterocycles. The van der Waals surface area contributed by atoms with Gasteiger partial charge in [-0.1, -0.05) is 18.2 Å². The van der Waals surface area contributed by atoms with Crippen LogP contribution in [0.5, 0.6) is 0 Å². The van der Waals surface area contributed by atoms with Crippen LogP contribution in [0.15, 0.2) is 85.3 Å². The minimum atomic E-state index is -0.0677. The Morgan fingerprint density at radius 3 is 2.34 bits per heavy atom. The molecule has 0 aliphatic carbocycles. The first-order valence-electron chi connectivity index (χ1n) is 10.7. The summed E-state index contributed by atoms with van der Waals surface area (Å²) in [6, 6.07) is 22.8. The second kappa shape index (κ2) is 8.55. The number of rotatable bonds is 5. The van der Waals surface area contributed by atoms with E-state index in [1.54, 1.807) is 0 Å². The lowest BCUT2D eigenvalue weighted by Gasteiger charge is -2.29. The first-order chi connectivity index (χ1) is 15.6. The third-order valence-electron chi connectivity index (χ3n) is 5.81. The minimum absolute atomic E-state index is 0.0442. The lowest BCUT2D eigenvalue weighted by molar-refractivity contribution is 0.532. The van der Waals surface area contributed by atoms with Gasteiger partial charge in [0.1, 0.15) is 6.04 Å². The molecule has 32 heavy (non-hydrogen) atoms. The molecular formula is C26H25N5S. The number of aryl methyl sites for hydroxylation is 2. The largest absolute Gasteiger partial charge is 0.351 e. The number of hydrogen-bond acceptors (Lipinski definition) is 3. The zero-order chi connectivity index (χ0) is 22.1. The average molecular weight is 440 g/mol. The van der Waals surface area contributed by atoms with Gasteiger partial charge in [-0.3, -0.25) is 9.97 Å². The van der Waals surface area contributed by atoms with Gasteiger partial charge >= 0.3 is 0 Å². The SMILES string of the molecule is Cc1cc(C)cc(N2C(=S)N[C@H](c3ccccn3)[C@@H]2c2cccn2Cc2ccccn2)c1. The summed E-state index contributed by atoms with van der Waals surface area (Å²) in [5, 5.41) is 4.26. The Hall–Kier alpha value is -3.51. The highest BCUT2D eigenvalue weighted by molar-refractivity contribution is 7.80. The van der Waals surface area contributed by atoms with E-state index in [-0.39, 0.29) is 12.1 Å². The summed E-state index contributed by atoms with van der Waals surface area (Å²) in [7, 11) is 0. The van der Waals surface area contributed by atoms with Crippen LogP contribution >= 0.6 is 12.2 Å². The first-order valence-corrected chi connectivity index (χ1v) is 11.1. The molecule has 1 aromatic carbocycles. The van der Waals surface area contributed by atoms with Gasteiger partial charge in [-0.15, -0.1) is 0 Å². The molecule has 4 aromatic rings. The van der Waals surface area contributed by atoms with Gasteiger partial charge in [0, 0.05) is 30.0 Å². The smallest absolute Gasteiger partial charge is 0.174 e. The van der Waals surface area contributed by atoms with Crippen LogP contribution in [0, 0.1) is 13.8 Å². The molecule has 2 atom stereocenters. The minimum Gasteiger partial charge on any atom is -0.351 e. The molecule has 5 rings (SSSR count). The molecule has 0 spiro atoms. The molecule has 0 saturated carbocycles. The Bertz CT molecular complexity index is 1220. The molecule has 0 unspecified atom stereocenters. The van der Waals surface area contributed by atoms with Crippen LogP contribution in [0.1, 0.15) is 40.3 Å². The zero-order valence-electron chi connectivity index (χ0n) is 18.1. The van der Waals surface area contributed by atoms with E-state index in [2.05, 4.69) is 87.3 Å². The number of nitrogens with zero attached hydrogens (tertiary/aromatic N) is 4. The van der Waals surface area contributed by atoms with E-state index in [1.807, 2.05) is 36.7 Å². The maximum Gasteiger partial charge on any atom is 0.174 e. The van der Waals surface area contributed by atoms with E-state index < -0.39 is 0 Å². The van der Waals surface area contributed by atoms with Crippen LogP contribution in [0.25, 0.3) is 0 Å². The average Bonchev–Trinajstić information content (AvgIpc) is 3.38. The second-order valence-electron chi connectivity index (χ2n) is 8.22. The third kappa shape index (κ3) is 3.89. The van der Waals surface area contributed by atoms with E-state index in [0.29, 0.717) is 11.7 Å². The standard InChI is InChI=1S/C26H25N5S/c1-18-14-19(2)16-21(15-18)31-25(24(29-26(31)32)22-9-4-6-12-28-22)23-10-7-13-30(23)17-20-8-3-5-11-27-20/h3-16,24-25H,17H2,1-2H3,(H,29,32)/t24-,25+/m1/s1. The molecule has 1 saturated heterocycles. The normalized spacial score (nSPS) is 18.1. The molecule has 5 nitrogen and oxygen atoms in total. The number of anilines is 1. The maximum atomic E-state index is 5.88. The van der Waals surface area contributed by atoms with Crippen molar-refractivity contribution in [3.8, 4) is 0 Å². The van der Waals surface area contributed by atoms with E-state index in [1.165, 1.54) is 11.1 Å². The van der Waals surface area contributed by atoms with Gasteiger partial charge in [0.25, 0.3) is 0 Å². The number of aromatic nitrogens is 3. The molecular weight excluding hydrogens is 414 g/mol. The third-order valence-corrected chi connectivity index (χ3v) is 6.12. The molecule has 6 heteroatoms. The first kappa shape index (κ1) is 20.4. The van der Waals surface area contributed by atoms with E-state index in [4.69, 9.17) is 12.2 Å². The van der Waals surface area contributed by atoms with Crippen molar-refractivity contribution in [2.75, 3.05) is 4.90 Å². The Morgan fingerprint density at radius 2 is 1.66 bits per heavy atom. The predicted octanol–water partition coefficient (Wildman–Crippen LogP) is 5.12. The summed E-state index contributed by atoms with van der Waals surface area (Å²) >= 11 is 5.88. The van der Waals surface area contributed by atoms with Crippen LogP contribution in [-0.4, -0.2) is 19.6 Å². The van der Waals surface area contributed by atoms with Gasteiger partial charge in [0.05, 0.1) is 24.0 Å². The van der Waals surface area contributed by atoms with Crippen molar-refractivity contribution in [1.82, 2.24) is 19.9 Å². The van der Waals surface area contributed by atoms with Gasteiger partial charge in [-0.2, -0.15) is 0 Å². The van der Waals surface area contributed by atoms with Crippen LogP contribution in [0.2, 0.25) is 0 Å². The van der Waals surface area contributed by atoms with Crippen molar-refractivity contribution in [1.29, 1.82) is 0 Å². The quantitative estimate of drug-likeness (QED) is 0.437. The lowest BCUT2D eigenvalue weighted by atomic mass is 10.00. The molecule has 1 fully saturated rings. The van der Waals surface area contributed by atoms with E-state index in [9.17, 15) is 0 Å².